The summed E-state index contributed by atoms with van der Waals surface area (Å²) in [5, 5.41) is 12.0. The number of rotatable bonds is 7. The maximum absolute atomic E-state index is 12.9. The van der Waals surface area contributed by atoms with Gasteiger partial charge in [-0.3, -0.25) is 4.79 Å². The van der Waals surface area contributed by atoms with E-state index >= 15 is 0 Å². The highest BCUT2D eigenvalue weighted by molar-refractivity contribution is 7.89. The Bertz CT molecular complexity index is 1130. The summed E-state index contributed by atoms with van der Waals surface area (Å²) in [6, 6.07) is 10.8. The molecule has 0 spiro atoms. The molecule has 0 radical (unpaired) electrons. The van der Waals surface area contributed by atoms with E-state index in [0.29, 0.717) is 18.6 Å². The van der Waals surface area contributed by atoms with Crippen LogP contribution in [-0.4, -0.2) is 54.4 Å². The molecule has 1 aliphatic heterocycles. The molecule has 3 rings (SSSR count). The van der Waals surface area contributed by atoms with E-state index < -0.39 is 21.6 Å². The van der Waals surface area contributed by atoms with Crippen molar-refractivity contribution in [3.63, 3.8) is 0 Å². The Kier molecular flexibility index (Phi) is 7.14. The van der Waals surface area contributed by atoms with Crippen LogP contribution in [0.5, 0.6) is 5.75 Å². The molecule has 0 unspecified atom stereocenters. The van der Waals surface area contributed by atoms with E-state index in [1.54, 1.807) is 13.8 Å². The third kappa shape index (κ3) is 5.72. The fourth-order valence-corrected chi connectivity index (χ4v) is 5.13. The molecule has 0 aliphatic carbocycles. The summed E-state index contributed by atoms with van der Waals surface area (Å²) in [5.74, 6) is -0.709. The first-order valence-electron chi connectivity index (χ1n) is 10.8. The summed E-state index contributed by atoms with van der Waals surface area (Å²) >= 11 is 0. The van der Waals surface area contributed by atoms with E-state index in [9.17, 15) is 18.0 Å². The zero-order valence-corrected chi connectivity index (χ0v) is 20.1. The lowest BCUT2D eigenvalue weighted by atomic mass is 10.0. The molecule has 9 heteroatoms. The zero-order chi connectivity index (χ0) is 24.4. The quantitative estimate of drug-likeness (QED) is 0.638. The number of carboxylic acid groups (broad SMARTS) is 1. The summed E-state index contributed by atoms with van der Waals surface area (Å²) in [5.41, 5.74) is 0.920. The van der Waals surface area contributed by atoms with Crippen LogP contribution in [0.4, 0.5) is 0 Å². The molecule has 0 atom stereocenters. The van der Waals surface area contributed by atoms with Crippen molar-refractivity contribution in [1.82, 2.24) is 9.62 Å². The molecule has 1 amide bonds. The van der Waals surface area contributed by atoms with Gasteiger partial charge in [-0.15, -0.1) is 0 Å². The second kappa shape index (κ2) is 9.52. The Morgan fingerprint density at radius 2 is 1.67 bits per heavy atom. The second-order valence-corrected chi connectivity index (χ2v) is 10.8. The van der Waals surface area contributed by atoms with Crippen LogP contribution >= 0.6 is 0 Å². The Labute approximate surface area is 194 Å². The van der Waals surface area contributed by atoms with Crippen molar-refractivity contribution in [2.24, 2.45) is 0 Å². The van der Waals surface area contributed by atoms with Crippen LogP contribution in [0.15, 0.2) is 47.4 Å². The van der Waals surface area contributed by atoms with Gasteiger partial charge in [0.25, 0.3) is 5.91 Å². The molecule has 1 aliphatic rings. The highest BCUT2D eigenvalue weighted by Gasteiger charge is 2.35. The van der Waals surface area contributed by atoms with Crippen LogP contribution in [0, 0.1) is 13.8 Å². The van der Waals surface area contributed by atoms with Gasteiger partial charge in [0.15, 0.2) is 5.60 Å². The largest absolute Gasteiger partial charge is 0.478 e. The predicted octanol–water partition coefficient (Wildman–Crippen LogP) is 3.13. The van der Waals surface area contributed by atoms with E-state index in [2.05, 4.69) is 5.32 Å². The SMILES string of the molecule is Cc1ccc(C)c(OC(C)(C)C(=O)NC2CCN(S(=O)(=O)c3ccc(C(=O)O)cc3)CC2)c1. The number of sulfonamides is 1. The Balaban J connectivity index is 1.59. The minimum absolute atomic E-state index is 0.0288. The summed E-state index contributed by atoms with van der Waals surface area (Å²) in [4.78, 5) is 23.9. The van der Waals surface area contributed by atoms with Crippen molar-refractivity contribution in [3.05, 3.63) is 59.2 Å². The first-order valence-corrected chi connectivity index (χ1v) is 12.2. The molecule has 1 heterocycles. The van der Waals surface area contributed by atoms with E-state index in [4.69, 9.17) is 9.84 Å². The molecular weight excluding hydrogens is 444 g/mol. The normalized spacial score (nSPS) is 15.8. The maximum Gasteiger partial charge on any atom is 0.335 e. The number of ether oxygens (including phenoxy) is 1. The van der Waals surface area contributed by atoms with Crippen molar-refractivity contribution >= 4 is 21.9 Å². The summed E-state index contributed by atoms with van der Waals surface area (Å²) in [7, 11) is -3.73. The third-order valence-corrected chi connectivity index (χ3v) is 7.70. The molecule has 33 heavy (non-hydrogen) atoms. The highest BCUT2D eigenvalue weighted by atomic mass is 32.2. The molecule has 0 bridgehead atoms. The van der Waals surface area contributed by atoms with Gasteiger partial charge in [-0.1, -0.05) is 12.1 Å². The van der Waals surface area contributed by atoms with Crippen LogP contribution in [-0.2, 0) is 14.8 Å². The van der Waals surface area contributed by atoms with Gasteiger partial charge in [0, 0.05) is 19.1 Å². The fourth-order valence-electron chi connectivity index (χ4n) is 3.66. The van der Waals surface area contributed by atoms with Gasteiger partial charge in [0.1, 0.15) is 5.75 Å². The van der Waals surface area contributed by atoms with Crippen LogP contribution < -0.4 is 10.1 Å². The number of amides is 1. The van der Waals surface area contributed by atoms with Gasteiger partial charge in [-0.2, -0.15) is 4.31 Å². The average molecular weight is 475 g/mol. The van der Waals surface area contributed by atoms with E-state index in [1.807, 2.05) is 32.0 Å². The molecule has 0 saturated carbocycles. The highest BCUT2D eigenvalue weighted by Crippen LogP contribution is 2.25. The van der Waals surface area contributed by atoms with Crippen molar-refractivity contribution in [3.8, 4) is 5.75 Å². The maximum atomic E-state index is 12.9. The second-order valence-electron chi connectivity index (χ2n) is 8.86. The Hall–Kier alpha value is -2.91. The number of aromatic carboxylic acids is 1. The minimum atomic E-state index is -3.73. The first-order chi connectivity index (χ1) is 15.4. The van der Waals surface area contributed by atoms with Gasteiger partial charge in [0.2, 0.25) is 10.0 Å². The van der Waals surface area contributed by atoms with E-state index in [0.717, 1.165) is 11.1 Å². The zero-order valence-electron chi connectivity index (χ0n) is 19.3. The smallest absolute Gasteiger partial charge is 0.335 e. The van der Waals surface area contributed by atoms with Crippen molar-refractivity contribution < 1.29 is 27.9 Å². The lowest BCUT2D eigenvalue weighted by Gasteiger charge is -2.34. The summed E-state index contributed by atoms with van der Waals surface area (Å²) < 4.78 is 33.2. The number of nitrogens with one attached hydrogen (secondary N) is 1. The number of piperidine rings is 1. The van der Waals surface area contributed by atoms with Crippen LogP contribution in [0.2, 0.25) is 0 Å². The lowest BCUT2D eigenvalue weighted by molar-refractivity contribution is -0.135. The number of hydrogen-bond donors (Lipinski definition) is 2. The first kappa shape index (κ1) is 24.7. The number of carbonyl (C=O) groups excluding carboxylic acids is 1. The lowest BCUT2D eigenvalue weighted by Crippen LogP contribution is -2.53. The van der Waals surface area contributed by atoms with Gasteiger partial charge in [-0.25, -0.2) is 13.2 Å². The predicted molar refractivity (Wildman–Crippen MR) is 124 cm³/mol. The Morgan fingerprint density at radius 3 is 2.24 bits per heavy atom. The van der Waals surface area contributed by atoms with Crippen molar-refractivity contribution in [1.29, 1.82) is 0 Å². The number of hydrogen-bond acceptors (Lipinski definition) is 5. The van der Waals surface area contributed by atoms with E-state index in [-0.39, 0.29) is 35.5 Å². The monoisotopic (exact) mass is 474 g/mol. The molecular formula is C24H30N2O6S. The molecule has 8 nitrogen and oxygen atoms in total. The third-order valence-electron chi connectivity index (χ3n) is 5.78. The Morgan fingerprint density at radius 1 is 1.06 bits per heavy atom. The van der Waals surface area contributed by atoms with Crippen LogP contribution in [0.25, 0.3) is 0 Å². The average Bonchev–Trinajstić information content (AvgIpc) is 2.76. The number of nitrogens with zero attached hydrogens (tertiary/aromatic N) is 1. The number of aryl methyl sites for hydroxylation is 2. The van der Waals surface area contributed by atoms with Crippen LogP contribution in [0.3, 0.4) is 0 Å². The molecule has 1 fully saturated rings. The number of benzene rings is 2. The van der Waals surface area contributed by atoms with Crippen LogP contribution in [0.1, 0.15) is 48.2 Å². The summed E-state index contributed by atoms with van der Waals surface area (Å²) in [6.45, 7) is 7.82. The molecule has 2 N–H and O–H groups in total. The molecule has 178 valence electrons. The standard InChI is InChI=1S/C24H30N2O6S/c1-16-5-6-17(2)21(15-16)32-24(3,4)23(29)25-19-11-13-26(14-12-19)33(30,31)20-9-7-18(8-10-20)22(27)28/h5-10,15,19H,11-14H2,1-4H3,(H,25,29)(H,27,28). The van der Waals surface area contributed by atoms with Gasteiger partial charge in [-0.05, 0) is 82.0 Å². The molecule has 1 saturated heterocycles. The van der Waals surface area contributed by atoms with E-state index in [1.165, 1.54) is 28.6 Å². The molecule has 0 aromatic heterocycles. The number of carboxylic acids is 1. The van der Waals surface area contributed by atoms with Gasteiger partial charge >= 0.3 is 5.97 Å². The minimum Gasteiger partial charge on any atom is -0.478 e. The number of carbonyl (C=O) groups is 2. The van der Waals surface area contributed by atoms with Crippen molar-refractivity contribution in [2.45, 2.75) is 57.1 Å². The molecule has 2 aromatic carbocycles. The molecule has 2 aromatic rings. The van der Waals surface area contributed by atoms with Crippen molar-refractivity contribution in [2.75, 3.05) is 13.1 Å². The van der Waals surface area contributed by atoms with Gasteiger partial charge < -0.3 is 15.2 Å². The van der Waals surface area contributed by atoms with Gasteiger partial charge in [0.05, 0.1) is 10.5 Å². The fraction of sp³-hybridized carbons (Fsp3) is 0.417. The topological polar surface area (TPSA) is 113 Å². The summed E-state index contributed by atoms with van der Waals surface area (Å²) in [6.07, 6.45) is 0.940.